The van der Waals surface area contributed by atoms with Crippen LogP contribution in [0.1, 0.15) is 46.0 Å². The second-order valence-electron chi connectivity index (χ2n) is 2.93. The SMILES string of the molecule is CCCC(CC)CCCO. The van der Waals surface area contributed by atoms with Gasteiger partial charge in [-0.25, -0.2) is 0 Å². The molecule has 0 saturated heterocycles. The molecule has 0 rings (SSSR count). The van der Waals surface area contributed by atoms with E-state index in [2.05, 4.69) is 13.8 Å². The van der Waals surface area contributed by atoms with E-state index in [1.807, 2.05) is 0 Å². The van der Waals surface area contributed by atoms with Gasteiger partial charge in [-0.15, -0.1) is 0 Å². The van der Waals surface area contributed by atoms with Crippen LogP contribution in [0.4, 0.5) is 0 Å². The van der Waals surface area contributed by atoms with Crippen molar-refractivity contribution in [3.63, 3.8) is 0 Å². The lowest BCUT2D eigenvalue weighted by Crippen LogP contribution is -1.99. The lowest BCUT2D eigenvalue weighted by Gasteiger charge is -2.11. The Morgan fingerprint density at radius 3 is 2.30 bits per heavy atom. The molecule has 0 amide bonds. The van der Waals surface area contributed by atoms with Gasteiger partial charge in [-0.1, -0.05) is 33.1 Å². The van der Waals surface area contributed by atoms with Crippen LogP contribution in [0, 0.1) is 5.92 Å². The van der Waals surface area contributed by atoms with Gasteiger partial charge in [-0.2, -0.15) is 0 Å². The van der Waals surface area contributed by atoms with Gasteiger partial charge in [0, 0.05) is 6.61 Å². The molecule has 1 atom stereocenters. The Morgan fingerprint density at radius 1 is 1.20 bits per heavy atom. The minimum Gasteiger partial charge on any atom is -0.396 e. The van der Waals surface area contributed by atoms with Crippen molar-refractivity contribution in [1.82, 2.24) is 0 Å². The fourth-order valence-corrected chi connectivity index (χ4v) is 1.34. The molecule has 0 aliphatic heterocycles. The number of aliphatic hydroxyl groups excluding tert-OH is 1. The average molecular weight is 144 g/mol. The van der Waals surface area contributed by atoms with Crippen molar-refractivity contribution in [2.75, 3.05) is 6.61 Å². The zero-order valence-electron chi connectivity index (χ0n) is 7.27. The molecule has 0 aliphatic carbocycles. The third kappa shape index (κ3) is 4.80. The lowest BCUT2D eigenvalue weighted by atomic mass is 9.96. The molecule has 0 heterocycles. The van der Waals surface area contributed by atoms with E-state index in [0.717, 1.165) is 12.3 Å². The predicted octanol–water partition coefficient (Wildman–Crippen LogP) is 2.59. The van der Waals surface area contributed by atoms with Gasteiger partial charge in [-0.3, -0.25) is 0 Å². The summed E-state index contributed by atoms with van der Waals surface area (Å²) in [6.45, 7) is 4.82. The van der Waals surface area contributed by atoms with Crippen molar-refractivity contribution in [3.05, 3.63) is 0 Å². The molecule has 0 aromatic carbocycles. The second kappa shape index (κ2) is 7.07. The molecule has 10 heavy (non-hydrogen) atoms. The van der Waals surface area contributed by atoms with Crippen LogP contribution in [0.15, 0.2) is 0 Å². The molecule has 0 bridgehead atoms. The van der Waals surface area contributed by atoms with E-state index in [1.54, 1.807) is 0 Å². The van der Waals surface area contributed by atoms with Gasteiger partial charge in [-0.05, 0) is 18.8 Å². The molecule has 62 valence electrons. The minimum atomic E-state index is 0.361. The Morgan fingerprint density at radius 2 is 1.90 bits per heavy atom. The molecular formula is C9H20O. The largest absolute Gasteiger partial charge is 0.396 e. The fraction of sp³-hybridized carbons (Fsp3) is 1.00. The Kier molecular flexibility index (Phi) is 7.04. The lowest BCUT2D eigenvalue weighted by molar-refractivity contribution is 0.266. The number of aliphatic hydroxyl groups is 1. The summed E-state index contributed by atoms with van der Waals surface area (Å²) in [7, 11) is 0. The highest BCUT2D eigenvalue weighted by Crippen LogP contribution is 2.16. The second-order valence-corrected chi connectivity index (χ2v) is 2.93. The summed E-state index contributed by atoms with van der Waals surface area (Å²) >= 11 is 0. The first-order chi connectivity index (χ1) is 4.85. The summed E-state index contributed by atoms with van der Waals surface area (Å²) in [6, 6.07) is 0. The molecule has 0 spiro atoms. The maximum atomic E-state index is 8.58. The van der Waals surface area contributed by atoms with E-state index in [9.17, 15) is 0 Å². The summed E-state index contributed by atoms with van der Waals surface area (Å²) in [5, 5.41) is 8.58. The van der Waals surface area contributed by atoms with E-state index in [1.165, 1.54) is 25.7 Å². The van der Waals surface area contributed by atoms with E-state index in [4.69, 9.17) is 5.11 Å². The van der Waals surface area contributed by atoms with E-state index in [0.29, 0.717) is 6.61 Å². The maximum Gasteiger partial charge on any atom is 0.0431 e. The van der Waals surface area contributed by atoms with Crippen LogP contribution in [0.3, 0.4) is 0 Å². The quantitative estimate of drug-likeness (QED) is 0.607. The van der Waals surface area contributed by atoms with Crippen molar-refractivity contribution in [2.45, 2.75) is 46.0 Å². The van der Waals surface area contributed by atoms with Crippen LogP contribution in [0.2, 0.25) is 0 Å². The van der Waals surface area contributed by atoms with Gasteiger partial charge in [0.25, 0.3) is 0 Å². The highest BCUT2D eigenvalue weighted by atomic mass is 16.2. The van der Waals surface area contributed by atoms with Crippen molar-refractivity contribution in [3.8, 4) is 0 Å². The standard InChI is InChI=1S/C9H20O/c1-3-6-9(4-2)7-5-8-10/h9-10H,3-8H2,1-2H3. The Bertz CT molecular complexity index is 61.7. The zero-order chi connectivity index (χ0) is 7.82. The monoisotopic (exact) mass is 144 g/mol. The van der Waals surface area contributed by atoms with E-state index in [-0.39, 0.29) is 0 Å². The Labute approximate surface area is 64.5 Å². The van der Waals surface area contributed by atoms with Crippen LogP contribution >= 0.6 is 0 Å². The summed E-state index contributed by atoms with van der Waals surface area (Å²) in [6.07, 6.45) is 6.08. The number of hydrogen-bond donors (Lipinski definition) is 1. The van der Waals surface area contributed by atoms with Crippen LogP contribution in [0.5, 0.6) is 0 Å². The molecule has 0 radical (unpaired) electrons. The molecule has 0 saturated carbocycles. The number of rotatable bonds is 6. The summed E-state index contributed by atoms with van der Waals surface area (Å²) in [5.41, 5.74) is 0. The first-order valence-corrected chi connectivity index (χ1v) is 4.46. The minimum absolute atomic E-state index is 0.361. The Balaban J connectivity index is 3.21. The van der Waals surface area contributed by atoms with Crippen molar-refractivity contribution in [1.29, 1.82) is 0 Å². The summed E-state index contributed by atoms with van der Waals surface area (Å²) < 4.78 is 0. The smallest absolute Gasteiger partial charge is 0.0431 e. The van der Waals surface area contributed by atoms with Gasteiger partial charge in [0.1, 0.15) is 0 Å². The van der Waals surface area contributed by atoms with Crippen molar-refractivity contribution >= 4 is 0 Å². The fourth-order valence-electron chi connectivity index (χ4n) is 1.34. The van der Waals surface area contributed by atoms with Crippen LogP contribution in [-0.4, -0.2) is 11.7 Å². The normalized spacial score (nSPS) is 13.5. The Hall–Kier alpha value is -0.0400. The molecule has 1 nitrogen and oxygen atoms in total. The topological polar surface area (TPSA) is 20.2 Å². The van der Waals surface area contributed by atoms with Gasteiger partial charge < -0.3 is 5.11 Å². The van der Waals surface area contributed by atoms with Gasteiger partial charge in [0.05, 0.1) is 0 Å². The molecular weight excluding hydrogens is 124 g/mol. The van der Waals surface area contributed by atoms with Crippen molar-refractivity contribution in [2.24, 2.45) is 5.92 Å². The average Bonchev–Trinajstić information content (AvgIpc) is 1.98. The number of hydrogen-bond acceptors (Lipinski definition) is 1. The van der Waals surface area contributed by atoms with Gasteiger partial charge in [0.15, 0.2) is 0 Å². The summed E-state index contributed by atoms with van der Waals surface area (Å²) in [5.74, 6) is 0.858. The van der Waals surface area contributed by atoms with Crippen LogP contribution in [-0.2, 0) is 0 Å². The molecule has 0 fully saturated rings. The highest BCUT2D eigenvalue weighted by Gasteiger charge is 2.02. The molecule has 1 heteroatoms. The molecule has 0 aromatic rings. The first kappa shape index (κ1) is 9.96. The van der Waals surface area contributed by atoms with Crippen LogP contribution in [0.25, 0.3) is 0 Å². The van der Waals surface area contributed by atoms with Gasteiger partial charge in [0.2, 0.25) is 0 Å². The third-order valence-electron chi connectivity index (χ3n) is 2.04. The predicted molar refractivity (Wildman–Crippen MR) is 45.0 cm³/mol. The van der Waals surface area contributed by atoms with E-state index < -0.39 is 0 Å². The van der Waals surface area contributed by atoms with Crippen molar-refractivity contribution < 1.29 is 5.11 Å². The maximum absolute atomic E-state index is 8.58. The molecule has 0 aliphatic rings. The summed E-state index contributed by atoms with van der Waals surface area (Å²) in [4.78, 5) is 0. The van der Waals surface area contributed by atoms with E-state index >= 15 is 0 Å². The third-order valence-corrected chi connectivity index (χ3v) is 2.04. The molecule has 1 N–H and O–H groups in total. The highest BCUT2D eigenvalue weighted by molar-refractivity contribution is 4.55. The first-order valence-electron chi connectivity index (χ1n) is 4.46. The molecule has 0 aromatic heterocycles. The zero-order valence-corrected chi connectivity index (χ0v) is 7.27. The van der Waals surface area contributed by atoms with Gasteiger partial charge >= 0.3 is 0 Å². The van der Waals surface area contributed by atoms with Crippen LogP contribution < -0.4 is 0 Å². The molecule has 1 unspecified atom stereocenters.